The molecule has 19 heteroatoms. The molecule has 5 unspecified atom stereocenters. The minimum atomic E-state index is -4.98. The normalized spacial score (nSPS) is 14.4. The maximum Gasteiger partial charge on any atom is 0.472 e. The highest BCUT2D eigenvalue weighted by atomic mass is 31.2. The van der Waals surface area contributed by atoms with Gasteiger partial charge in [0.2, 0.25) is 0 Å². The molecule has 0 saturated heterocycles. The zero-order chi connectivity index (χ0) is 71.8. The van der Waals surface area contributed by atoms with Crippen LogP contribution in [0.1, 0.15) is 336 Å². The van der Waals surface area contributed by atoms with Gasteiger partial charge in [-0.2, -0.15) is 0 Å². The van der Waals surface area contributed by atoms with Crippen molar-refractivity contribution in [3.63, 3.8) is 0 Å². The average Bonchev–Trinajstić information content (AvgIpc) is 0.992. The van der Waals surface area contributed by atoms with Crippen LogP contribution < -0.4 is 0 Å². The molecule has 0 amide bonds. The number of hydrogen-bond donors (Lipinski definition) is 3. The molecule has 0 aromatic carbocycles. The highest BCUT2D eigenvalue weighted by Crippen LogP contribution is 2.45. The van der Waals surface area contributed by atoms with E-state index in [2.05, 4.69) is 94.5 Å². The van der Waals surface area contributed by atoms with Gasteiger partial charge in [0.1, 0.15) is 19.3 Å². The van der Waals surface area contributed by atoms with E-state index in [-0.39, 0.29) is 25.7 Å². The van der Waals surface area contributed by atoms with Crippen LogP contribution >= 0.6 is 15.6 Å². The van der Waals surface area contributed by atoms with Crippen LogP contribution in [-0.4, -0.2) is 96.7 Å². The van der Waals surface area contributed by atoms with Gasteiger partial charge in [0.25, 0.3) is 0 Å². The van der Waals surface area contributed by atoms with Crippen molar-refractivity contribution in [2.45, 2.75) is 354 Å². The number of carbonyl (C=O) groups is 4. The van der Waals surface area contributed by atoms with E-state index in [0.29, 0.717) is 32.1 Å². The van der Waals surface area contributed by atoms with Crippen molar-refractivity contribution in [3.05, 3.63) is 85.1 Å². The van der Waals surface area contributed by atoms with Crippen LogP contribution in [0, 0.1) is 0 Å². The fraction of sp³-hybridized carbons (Fsp3) is 0.772. The highest BCUT2D eigenvalue weighted by Gasteiger charge is 2.30. The van der Waals surface area contributed by atoms with Crippen LogP contribution in [0.4, 0.5) is 0 Å². The third-order valence-corrected chi connectivity index (χ3v) is 18.3. The molecule has 0 fully saturated rings. The topological polar surface area (TPSA) is 237 Å². The first-order valence-corrected chi connectivity index (χ1v) is 41.8. The molecule has 98 heavy (non-hydrogen) atoms. The molecule has 568 valence electrons. The number of unbranched alkanes of at least 4 members (excludes halogenated alkanes) is 33. The van der Waals surface area contributed by atoms with Crippen molar-refractivity contribution in [1.29, 1.82) is 0 Å². The van der Waals surface area contributed by atoms with E-state index in [1.165, 1.54) is 128 Å². The van der Waals surface area contributed by atoms with E-state index < -0.39 is 97.5 Å². The van der Waals surface area contributed by atoms with Crippen molar-refractivity contribution in [2.75, 3.05) is 39.6 Å². The molecule has 0 aliphatic rings. The molecule has 0 spiro atoms. The lowest BCUT2D eigenvalue weighted by atomic mass is 10.0. The van der Waals surface area contributed by atoms with Crippen molar-refractivity contribution in [2.24, 2.45) is 0 Å². The van der Waals surface area contributed by atoms with Gasteiger partial charge in [0, 0.05) is 25.7 Å². The van der Waals surface area contributed by atoms with Crippen LogP contribution in [0.5, 0.6) is 0 Å². The highest BCUT2D eigenvalue weighted by molar-refractivity contribution is 7.47. The van der Waals surface area contributed by atoms with E-state index in [1.807, 2.05) is 18.2 Å². The molecule has 0 rings (SSSR count). The molecule has 0 bridgehead atoms. The van der Waals surface area contributed by atoms with Crippen molar-refractivity contribution < 1.29 is 80.2 Å². The number of phosphoric ester groups is 2. The summed E-state index contributed by atoms with van der Waals surface area (Å²) in [7, 11) is -9.96. The first kappa shape index (κ1) is 94.2. The molecule has 0 aliphatic carbocycles. The number of phosphoric acid groups is 2. The van der Waals surface area contributed by atoms with Gasteiger partial charge < -0.3 is 33.8 Å². The molecule has 3 N–H and O–H groups in total. The third kappa shape index (κ3) is 70.7. The van der Waals surface area contributed by atoms with Crippen LogP contribution in [0.2, 0.25) is 0 Å². The van der Waals surface area contributed by atoms with Crippen LogP contribution in [0.25, 0.3) is 0 Å². The lowest BCUT2D eigenvalue weighted by molar-refractivity contribution is -0.161. The smallest absolute Gasteiger partial charge is 0.462 e. The van der Waals surface area contributed by atoms with Gasteiger partial charge in [-0.05, 0) is 89.9 Å². The lowest BCUT2D eigenvalue weighted by Crippen LogP contribution is -2.30. The summed E-state index contributed by atoms with van der Waals surface area (Å²) in [6.07, 6.45) is 73.0. The number of ether oxygens (including phenoxy) is 4. The summed E-state index contributed by atoms with van der Waals surface area (Å²) in [5, 5.41) is 10.6. The van der Waals surface area contributed by atoms with E-state index in [4.69, 9.17) is 37.0 Å². The van der Waals surface area contributed by atoms with Crippen LogP contribution in [0.15, 0.2) is 85.1 Å². The SMILES string of the molecule is CC/C=C\C/C=C\C/C=C\C/C=C\C/C=C\C/C=C\CCC(=O)OCC(COP(=O)(O)OCC(O)COP(=O)(O)OCC(COC(=O)CCCCCCC/C=C\CCCCCC)OC(=O)CCCCCCCCCCCCC)OC(=O)CCCCCCCCCCCCCCCCC. The van der Waals surface area contributed by atoms with Crippen molar-refractivity contribution >= 4 is 39.5 Å². The summed E-state index contributed by atoms with van der Waals surface area (Å²) in [6.45, 7) is 4.69. The Kier molecular flexibility index (Phi) is 68.9. The zero-order valence-corrected chi connectivity index (χ0v) is 63.7. The van der Waals surface area contributed by atoms with Gasteiger partial charge in [-0.25, -0.2) is 9.13 Å². The van der Waals surface area contributed by atoms with Gasteiger partial charge in [0.05, 0.1) is 26.4 Å². The maximum atomic E-state index is 13.1. The second kappa shape index (κ2) is 71.6. The standard InChI is InChI=1S/C79H140O17P2/c1-5-9-13-17-21-25-29-32-34-35-36-37-39-41-45-48-52-56-60-64-77(82)90-70-75(96-79(84)66-62-58-54-50-46-42-38-33-30-26-22-18-14-10-6-2)72-94-98(87,88)92-68-73(80)67-91-97(85,86)93-71-74(95-78(83)65-61-57-53-49-43-28-24-20-16-12-8-4)69-89-76(81)63-59-55-51-47-44-40-31-27-23-19-15-11-7-3/h9,13,21,25,27,31-32,34,36-37,41,45,52,56,73-75,80H,5-8,10-12,14-20,22-24,26,28-30,33,35,38-40,42-44,46-51,53-55,57-72H2,1-4H3,(H,85,86)(H,87,88)/b13-9-,25-21-,31-27-,34-32-,37-36-,45-41-,56-52-. The monoisotopic (exact) mass is 1420 g/mol. The average molecular weight is 1420 g/mol. The summed E-state index contributed by atoms with van der Waals surface area (Å²) < 4.78 is 68.4. The molecule has 0 heterocycles. The molecule has 0 radical (unpaired) electrons. The maximum absolute atomic E-state index is 13.1. The number of hydrogen-bond acceptors (Lipinski definition) is 15. The fourth-order valence-electron chi connectivity index (χ4n) is 10.5. The van der Waals surface area contributed by atoms with Crippen molar-refractivity contribution in [1.82, 2.24) is 0 Å². The first-order chi connectivity index (χ1) is 47.7. The number of esters is 4. The third-order valence-electron chi connectivity index (χ3n) is 16.4. The molecule has 0 aromatic rings. The zero-order valence-electron chi connectivity index (χ0n) is 62.0. The largest absolute Gasteiger partial charge is 0.472 e. The Bertz CT molecular complexity index is 2190. The molecular weight excluding hydrogens is 1280 g/mol. The van der Waals surface area contributed by atoms with Gasteiger partial charge >= 0.3 is 39.5 Å². The predicted octanol–water partition coefficient (Wildman–Crippen LogP) is 22.2. The second-order valence-corrected chi connectivity index (χ2v) is 28.8. The minimum Gasteiger partial charge on any atom is -0.462 e. The van der Waals surface area contributed by atoms with Gasteiger partial charge in [-0.1, -0.05) is 305 Å². The van der Waals surface area contributed by atoms with Gasteiger partial charge in [-0.3, -0.25) is 37.3 Å². The Labute approximate surface area is 595 Å². The second-order valence-electron chi connectivity index (χ2n) is 25.9. The lowest BCUT2D eigenvalue weighted by Gasteiger charge is -2.21. The van der Waals surface area contributed by atoms with E-state index in [9.17, 15) is 43.2 Å². The Balaban J connectivity index is 5.37. The summed E-state index contributed by atoms with van der Waals surface area (Å²) in [4.78, 5) is 72.8. The Morgan fingerprint density at radius 2 is 0.551 bits per heavy atom. The van der Waals surface area contributed by atoms with E-state index >= 15 is 0 Å². The van der Waals surface area contributed by atoms with Gasteiger partial charge in [0.15, 0.2) is 12.2 Å². The van der Waals surface area contributed by atoms with Crippen molar-refractivity contribution in [3.8, 4) is 0 Å². The predicted molar refractivity (Wildman–Crippen MR) is 399 cm³/mol. The minimum absolute atomic E-state index is 0.0392. The van der Waals surface area contributed by atoms with Gasteiger partial charge in [-0.15, -0.1) is 0 Å². The summed E-state index contributed by atoms with van der Waals surface area (Å²) in [5.74, 6) is -2.26. The summed E-state index contributed by atoms with van der Waals surface area (Å²) >= 11 is 0. The molecule has 0 aliphatic heterocycles. The molecule has 17 nitrogen and oxygen atoms in total. The molecule has 5 atom stereocenters. The number of aliphatic hydroxyl groups is 1. The Morgan fingerprint density at radius 1 is 0.296 bits per heavy atom. The number of aliphatic hydroxyl groups excluding tert-OH is 1. The quantitative estimate of drug-likeness (QED) is 0.0169. The fourth-order valence-corrected chi connectivity index (χ4v) is 12.1. The van der Waals surface area contributed by atoms with E-state index in [0.717, 1.165) is 122 Å². The Morgan fingerprint density at radius 3 is 0.888 bits per heavy atom. The number of carbonyl (C=O) groups excluding carboxylic acids is 4. The van der Waals surface area contributed by atoms with E-state index in [1.54, 1.807) is 0 Å². The number of rotatable bonds is 73. The number of allylic oxidation sites excluding steroid dienone is 14. The summed E-state index contributed by atoms with van der Waals surface area (Å²) in [6, 6.07) is 0. The molecule has 0 aromatic heterocycles. The summed E-state index contributed by atoms with van der Waals surface area (Å²) in [5.41, 5.74) is 0. The Hall–Kier alpha value is -3.76. The first-order valence-electron chi connectivity index (χ1n) is 38.8. The molecule has 0 saturated carbocycles. The van der Waals surface area contributed by atoms with Crippen LogP contribution in [0.3, 0.4) is 0 Å². The molecular formula is C79H140O17P2. The van der Waals surface area contributed by atoms with Crippen LogP contribution in [-0.2, 0) is 65.4 Å².